The summed E-state index contributed by atoms with van der Waals surface area (Å²) in [5, 5.41) is 3.08. The number of carbonyl (C=O) groups is 2. The van der Waals surface area contributed by atoms with Gasteiger partial charge in [0.1, 0.15) is 0 Å². The molecule has 0 radical (unpaired) electrons. The van der Waals surface area contributed by atoms with Gasteiger partial charge < -0.3 is 24.6 Å². The number of rotatable bonds is 5. The Morgan fingerprint density at radius 3 is 2.43 bits per heavy atom. The summed E-state index contributed by atoms with van der Waals surface area (Å²) in [6.07, 6.45) is 3.83. The van der Waals surface area contributed by atoms with Gasteiger partial charge in [-0.1, -0.05) is 13.8 Å². The highest BCUT2D eigenvalue weighted by atomic mass is 16.7. The number of hydrogen-bond donors (Lipinski definition) is 1. The van der Waals surface area contributed by atoms with Crippen molar-refractivity contribution in [2.45, 2.75) is 45.6 Å². The van der Waals surface area contributed by atoms with E-state index in [4.69, 9.17) is 9.47 Å². The molecule has 0 aliphatic carbocycles. The van der Waals surface area contributed by atoms with E-state index in [2.05, 4.69) is 24.1 Å². The number of carbonyl (C=O) groups excluding carboxylic acids is 2. The molecular weight excluding hydrogens is 382 g/mol. The first kappa shape index (κ1) is 21.0. The maximum absolute atomic E-state index is 12.9. The van der Waals surface area contributed by atoms with E-state index in [1.165, 1.54) is 0 Å². The van der Waals surface area contributed by atoms with Crippen molar-refractivity contribution in [1.82, 2.24) is 15.1 Å². The number of fused-ring (bicyclic) bond motifs is 1. The van der Waals surface area contributed by atoms with E-state index >= 15 is 0 Å². The van der Waals surface area contributed by atoms with E-state index in [0.717, 1.165) is 58.4 Å². The van der Waals surface area contributed by atoms with Crippen LogP contribution in [0.15, 0.2) is 18.2 Å². The average Bonchev–Trinajstić information content (AvgIpc) is 3.25. The molecule has 1 aromatic carbocycles. The molecule has 0 spiro atoms. The van der Waals surface area contributed by atoms with Gasteiger partial charge in [0.25, 0.3) is 5.91 Å². The third-order valence-corrected chi connectivity index (χ3v) is 6.47. The zero-order chi connectivity index (χ0) is 21.1. The SMILES string of the molecule is CC(C)CNC(=O)C1CCN(C2CCN(C(=O)c3ccc4c(c3)OCO4)CC2)CC1. The van der Waals surface area contributed by atoms with E-state index in [1.807, 2.05) is 17.0 Å². The van der Waals surface area contributed by atoms with Gasteiger partial charge in [0.15, 0.2) is 11.5 Å². The van der Waals surface area contributed by atoms with E-state index in [1.54, 1.807) is 6.07 Å². The summed E-state index contributed by atoms with van der Waals surface area (Å²) in [7, 11) is 0. The lowest BCUT2D eigenvalue weighted by molar-refractivity contribution is -0.126. The maximum atomic E-state index is 12.9. The van der Waals surface area contributed by atoms with Crippen LogP contribution in [0.5, 0.6) is 11.5 Å². The summed E-state index contributed by atoms with van der Waals surface area (Å²) in [5.74, 6) is 2.26. The Hall–Kier alpha value is -2.28. The molecule has 4 rings (SSSR count). The van der Waals surface area contributed by atoms with Gasteiger partial charge in [0.2, 0.25) is 12.7 Å². The third kappa shape index (κ3) is 4.72. The maximum Gasteiger partial charge on any atom is 0.253 e. The number of amides is 2. The number of piperidine rings is 2. The highest BCUT2D eigenvalue weighted by Crippen LogP contribution is 2.33. The van der Waals surface area contributed by atoms with Gasteiger partial charge in [-0.2, -0.15) is 0 Å². The molecule has 3 heterocycles. The predicted octanol–water partition coefficient (Wildman–Crippen LogP) is 2.50. The van der Waals surface area contributed by atoms with Gasteiger partial charge in [-0.25, -0.2) is 0 Å². The molecule has 1 aromatic rings. The standard InChI is InChI=1S/C23H33N3O4/c1-16(2)14-24-22(27)17-5-9-25(10-6-17)19-7-11-26(12-8-19)23(28)18-3-4-20-21(13-18)30-15-29-20/h3-4,13,16-17,19H,5-12,14-15H2,1-2H3,(H,24,27). The second kappa shape index (κ2) is 9.25. The molecule has 3 aliphatic rings. The largest absolute Gasteiger partial charge is 0.454 e. The van der Waals surface area contributed by atoms with Crippen molar-refractivity contribution in [2.24, 2.45) is 11.8 Å². The molecule has 164 valence electrons. The molecule has 0 saturated carbocycles. The Balaban J connectivity index is 1.23. The fourth-order valence-electron chi connectivity index (χ4n) is 4.62. The van der Waals surface area contributed by atoms with Gasteiger partial charge in [0, 0.05) is 37.2 Å². The topological polar surface area (TPSA) is 71.1 Å². The number of likely N-dealkylation sites (tertiary alicyclic amines) is 2. The number of nitrogens with one attached hydrogen (secondary N) is 1. The van der Waals surface area contributed by atoms with Crippen LogP contribution in [0.25, 0.3) is 0 Å². The van der Waals surface area contributed by atoms with Crippen LogP contribution in [0.4, 0.5) is 0 Å². The van der Waals surface area contributed by atoms with Gasteiger partial charge in [0.05, 0.1) is 0 Å². The molecule has 30 heavy (non-hydrogen) atoms. The normalized spacial score (nSPS) is 20.6. The Morgan fingerprint density at radius 1 is 1.03 bits per heavy atom. The van der Waals surface area contributed by atoms with Crippen molar-refractivity contribution in [3.63, 3.8) is 0 Å². The van der Waals surface area contributed by atoms with Gasteiger partial charge in [-0.05, 0) is 62.9 Å². The molecule has 0 atom stereocenters. The number of nitrogens with zero attached hydrogens (tertiary/aromatic N) is 2. The van der Waals surface area contributed by atoms with Crippen LogP contribution >= 0.6 is 0 Å². The van der Waals surface area contributed by atoms with Crippen molar-refractivity contribution in [3.8, 4) is 11.5 Å². The first-order valence-electron chi connectivity index (χ1n) is 11.2. The highest BCUT2D eigenvalue weighted by Gasteiger charge is 2.32. The minimum absolute atomic E-state index is 0.0623. The van der Waals surface area contributed by atoms with Gasteiger partial charge >= 0.3 is 0 Å². The molecule has 0 unspecified atom stereocenters. The zero-order valence-corrected chi connectivity index (χ0v) is 18.1. The Morgan fingerprint density at radius 2 is 1.73 bits per heavy atom. The quantitative estimate of drug-likeness (QED) is 0.800. The first-order chi connectivity index (χ1) is 14.5. The predicted molar refractivity (Wildman–Crippen MR) is 114 cm³/mol. The fourth-order valence-corrected chi connectivity index (χ4v) is 4.62. The molecule has 3 aliphatic heterocycles. The molecule has 2 fully saturated rings. The van der Waals surface area contributed by atoms with E-state index in [0.29, 0.717) is 29.0 Å². The molecular formula is C23H33N3O4. The van der Waals surface area contributed by atoms with Crippen LogP contribution in [0, 0.1) is 11.8 Å². The van der Waals surface area contributed by atoms with Crippen LogP contribution in [-0.2, 0) is 4.79 Å². The lowest BCUT2D eigenvalue weighted by atomic mass is 9.92. The summed E-state index contributed by atoms with van der Waals surface area (Å²) < 4.78 is 10.7. The molecule has 7 nitrogen and oxygen atoms in total. The van der Waals surface area contributed by atoms with E-state index in [-0.39, 0.29) is 24.5 Å². The van der Waals surface area contributed by atoms with Crippen molar-refractivity contribution in [3.05, 3.63) is 23.8 Å². The summed E-state index contributed by atoms with van der Waals surface area (Å²) in [6.45, 7) is 8.70. The van der Waals surface area contributed by atoms with Crippen molar-refractivity contribution in [1.29, 1.82) is 0 Å². The minimum Gasteiger partial charge on any atom is -0.454 e. The second-order valence-electron chi connectivity index (χ2n) is 9.04. The fraction of sp³-hybridized carbons (Fsp3) is 0.652. The Kier molecular flexibility index (Phi) is 6.46. The van der Waals surface area contributed by atoms with E-state index in [9.17, 15) is 9.59 Å². The average molecular weight is 416 g/mol. The lowest BCUT2D eigenvalue weighted by Crippen LogP contribution is -2.50. The smallest absolute Gasteiger partial charge is 0.253 e. The van der Waals surface area contributed by atoms with Crippen LogP contribution in [0.2, 0.25) is 0 Å². The number of hydrogen-bond acceptors (Lipinski definition) is 5. The van der Waals surface area contributed by atoms with Crippen LogP contribution in [0.1, 0.15) is 49.9 Å². The molecule has 0 aromatic heterocycles. The van der Waals surface area contributed by atoms with Crippen LogP contribution in [0.3, 0.4) is 0 Å². The van der Waals surface area contributed by atoms with Crippen molar-refractivity contribution in [2.75, 3.05) is 39.5 Å². The summed E-state index contributed by atoms with van der Waals surface area (Å²) in [5.41, 5.74) is 0.658. The summed E-state index contributed by atoms with van der Waals surface area (Å²) >= 11 is 0. The zero-order valence-electron chi connectivity index (χ0n) is 18.1. The van der Waals surface area contributed by atoms with Crippen molar-refractivity contribution < 1.29 is 19.1 Å². The Labute approximate surface area is 178 Å². The number of ether oxygens (including phenoxy) is 2. The van der Waals surface area contributed by atoms with Crippen LogP contribution in [-0.4, -0.2) is 67.2 Å². The lowest BCUT2D eigenvalue weighted by Gasteiger charge is -2.41. The third-order valence-electron chi connectivity index (χ3n) is 6.47. The van der Waals surface area contributed by atoms with E-state index < -0.39 is 0 Å². The molecule has 1 N–H and O–H groups in total. The minimum atomic E-state index is 0.0623. The number of benzene rings is 1. The summed E-state index contributed by atoms with van der Waals surface area (Å²) in [6, 6.07) is 5.91. The first-order valence-corrected chi connectivity index (χ1v) is 11.2. The summed E-state index contributed by atoms with van der Waals surface area (Å²) in [4.78, 5) is 29.7. The van der Waals surface area contributed by atoms with Crippen LogP contribution < -0.4 is 14.8 Å². The van der Waals surface area contributed by atoms with Crippen molar-refractivity contribution >= 4 is 11.8 Å². The molecule has 7 heteroatoms. The monoisotopic (exact) mass is 415 g/mol. The Bertz CT molecular complexity index is 766. The van der Waals surface area contributed by atoms with Gasteiger partial charge in [-0.15, -0.1) is 0 Å². The molecule has 0 bridgehead atoms. The highest BCUT2D eigenvalue weighted by molar-refractivity contribution is 5.95. The molecule has 2 saturated heterocycles. The molecule has 2 amide bonds. The van der Waals surface area contributed by atoms with Gasteiger partial charge in [-0.3, -0.25) is 9.59 Å². The second-order valence-corrected chi connectivity index (χ2v) is 9.04.